The molecule has 1 aromatic heterocycles. The molecule has 3 aliphatic heterocycles. The summed E-state index contributed by atoms with van der Waals surface area (Å²) in [5.41, 5.74) is 0.537. The number of anilines is 1. The zero-order valence-corrected chi connectivity index (χ0v) is 10.9. The minimum Gasteiger partial charge on any atom is -0.355 e. The molecule has 4 nitrogen and oxygen atoms in total. The van der Waals surface area contributed by atoms with E-state index < -0.39 is 0 Å². The molecule has 3 aliphatic rings. The van der Waals surface area contributed by atoms with Crippen molar-refractivity contribution in [2.24, 2.45) is 5.41 Å². The molecule has 18 heavy (non-hydrogen) atoms. The van der Waals surface area contributed by atoms with Crippen LogP contribution in [0.5, 0.6) is 0 Å². The fourth-order valence-corrected chi connectivity index (χ4v) is 4.59. The molecule has 0 aliphatic carbocycles. The van der Waals surface area contributed by atoms with E-state index in [1.807, 2.05) is 6.20 Å². The summed E-state index contributed by atoms with van der Waals surface area (Å²) in [5.74, 6) is 1.06. The zero-order chi connectivity index (χ0) is 12.2. The SMILES string of the molecule is CN1[C@H]2CC[C@H]1[C@]1(CCN(c3cnccn3)C1)C2. The number of rotatable bonds is 1. The molecule has 0 aromatic carbocycles. The van der Waals surface area contributed by atoms with E-state index in [1.165, 1.54) is 32.2 Å². The van der Waals surface area contributed by atoms with Gasteiger partial charge in [0.05, 0.1) is 6.20 Å². The van der Waals surface area contributed by atoms with Gasteiger partial charge in [-0.25, -0.2) is 4.98 Å². The van der Waals surface area contributed by atoms with E-state index in [0.29, 0.717) is 5.41 Å². The molecular weight excluding hydrogens is 224 g/mol. The van der Waals surface area contributed by atoms with Crippen LogP contribution in [0.15, 0.2) is 18.6 Å². The molecule has 4 rings (SSSR count). The minimum absolute atomic E-state index is 0.537. The van der Waals surface area contributed by atoms with Crippen LogP contribution in [0.4, 0.5) is 5.82 Å². The van der Waals surface area contributed by atoms with E-state index in [2.05, 4.69) is 26.8 Å². The monoisotopic (exact) mass is 244 g/mol. The first-order chi connectivity index (χ1) is 8.78. The first-order valence-electron chi connectivity index (χ1n) is 7.01. The fourth-order valence-electron chi connectivity index (χ4n) is 4.59. The first kappa shape index (κ1) is 10.7. The topological polar surface area (TPSA) is 32.3 Å². The Morgan fingerprint density at radius 1 is 1.33 bits per heavy atom. The largest absolute Gasteiger partial charge is 0.355 e. The fraction of sp³-hybridized carbons (Fsp3) is 0.714. The first-order valence-corrected chi connectivity index (χ1v) is 7.01. The van der Waals surface area contributed by atoms with Crippen LogP contribution in [0.1, 0.15) is 25.7 Å². The third-order valence-electron chi connectivity index (χ3n) is 5.45. The summed E-state index contributed by atoms with van der Waals surface area (Å²) in [4.78, 5) is 13.7. The summed E-state index contributed by atoms with van der Waals surface area (Å²) in [6.45, 7) is 2.33. The highest BCUT2D eigenvalue weighted by atomic mass is 15.3. The number of fused-ring (bicyclic) bond motifs is 3. The summed E-state index contributed by atoms with van der Waals surface area (Å²) in [6.07, 6.45) is 11.0. The summed E-state index contributed by atoms with van der Waals surface area (Å²) in [5, 5.41) is 0. The van der Waals surface area contributed by atoms with Crippen molar-refractivity contribution in [1.82, 2.24) is 14.9 Å². The highest BCUT2D eigenvalue weighted by Crippen LogP contribution is 2.53. The number of nitrogens with zero attached hydrogens (tertiary/aromatic N) is 4. The van der Waals surface area contributed by atoms with Gasteiger partial charge in [0.1, 0.15) is 5.82 Å². The molecule has 3 fully saturated rings. The highest BCUT2D eigenvalue weighted by Gasteiger charge is 2.56. The van der Waals surface area contributed by atoms with E-state index in [4.69, 9.17) is 0 Å². The third kappa shape index (κ3) is 1.35. The van der Waals surface area contributed by atoms with Gasteiger partial charge in [0.25, 0.3) is 0 Å². The molecule has 3 saturated heterocycles. The van der Waals surface area contributed by atoms with E-state index in [-0.39, 0.29) is 0 Å². The van der Waals surface area contributed by atoms with Gasteiger partial charge in [-0.3, -0.25) is 9.88 Å². The molecular formula is C14H20N4. The lowest BCUT2D eigenvalue weighted by atomic mass is 9.73. The Kier molecular flexibility index (Phi) is 2.19. The van der Waals surface area contributed by atoms with E-state index >= 15 is 0 Å². The van der Waals surface area contributed by atoms with Crippen LogP contribution in [0.25, 0.3) is 0 Å². The number of aromatic nitrogens is 2. The number of hydrogen-bond acceptors (Lipinski definition) is 4. The standard InChI is InChI=1S/C14H20N4/c1-17-11-2-3-12(17)14(8-11)4-7-18(10-14)13-9-15-5-6-16-13/h5-6,9,11-12H,2-4,7-8,10H2,1H3/t11-,12-,14+/m0/s1. The van der Waals surface area contributed by atoms with Gasteiger partial charge in [-0.2, -0.15) is 0 Å². The average Bonchev–Trinajstić information content (AvgIpc) is 3.05. The molecule has 0 saturated carbocycles. The van der Waals surface area contributed by atoms with Crippen LogP contribution in [-0.4, -0.2) is 47.1 Å². The van der Waals surface area contributed by atoms with Gasteiger partial charge in [0.2, 0.25) is 0 Å². The van der Waals surface area contributed by atoms with Gasteiger partial charge in [-0.1, -0.05) is 0 Å². The lowest BCUT2D eigenvalue weighted by Gasteiger charge is -2.33. The number of hydrogen-bond donors (Lipinski definition) is 0. The predicted octanol–water partition coefficient (Wildman–Crippen LogP) is 1.54. The Morgan fingerprint density at radius 3 is 2.94 bits per heavy atom. The van der Waals surface area contributed by atoms with Gasteiger partial charge in [-0.15, -0.1) is 0 Å². The van der Waals surface area contributed by atoms with Crippen molar-refractivity contribution in [3.8, 4) is 0 Å². The van der Waals surface area contributed by atoms with Crippen molar-refractivity contribution in [1.29, 1.82) is 0 Å². The molecule has 3 atom stereocenters. The lowest BCUT2D eigenvalue weighted by Crippen LogP contribution is -2.38. The van der Waals surface area contributed by atoms with Gasteiger partial charge < -0.3 is 4.90 Å². The third-order valence-corrected chi connectivity index (χ3v) is 5.45. The molecule has 0 unspecified atom stereocenters. The molecule has 0 N–H and O–H groups in total. The maximum Gasteiger partial charge on any atom is 0.147 e. The lowest BCUT2D eigenvalue weighted by molar-refractivity contribution is 0.207. The summed E-state index contributed by atoms with van der Waals surface area (Å²) < 4.78 is 0. The summed E-state index contributed by atoms with van der Waals surface area (Å²) in [6, 6.07) is 1.65. The van der Waals surface area contributed by atoms with Crippen molar-refractivity contribution >= 4 is 5.82 Å². The molecule has 96 valence electrons. The molecule has 1 aromatic rings. The maximum atomic E-state index is 4.45. The Bertz CT molecular complexity index is 448. The van der Waals surface area contributed by atoms with Gasteiger partial charge in [-0.05, 0) is 32.7 Å². The van der Waals surface area contributed by atoms with Crippen molar-refractivity contribution < 1.29 is 0 Å². The van der Waals surface area contributed by atoms with Crippen LogP contribution in [0.2, 0.25) is 0 Å². The van der Waals surface area contributed by atoms with Crippen LogP contribution in [-0.2, 0) is 0 Å². The van der Waals surface area contributed by atoms with Crippen LogP contribution in [0.3, 0.4) is 0 Å². The van der Waals surface area contributed by atoms with Crippen molar-refractivity contribution in [3.63, 3.8) is 0 Å². The molecule has 4 heterocycles. The van der Waals surface area contributed by atoms with Gasteiger partial charge >= 0.3 is 0 Å². The Labute approximate surface area is 108 Å². The second kappa shape index (κ2) is 3.67. The summed E-state index contributed by atoms with van der Waals surface area (Å²) in [7, 11) is 2.32. The Balaban J connectivity index is 1.58. The average molecular weight is 244 g/mol. The van der Waals surface area contributed by atoms with E-state index in [0.717, 1.165) is 24.4 Å². The van der Waals surface area contributed by atoms with Gasteiger partial charge in [0.15, 0.2) is 0 Å². The normalized spacial score (nSPS) is 39.1. The molecule has 0 amide bonds. The van der Waals surface area contributed by atoms with Gasteiger partial charge in [0, 0.05) is 43.0 Å². The predicted molar refractivity (Wildman–Crippen MR) is 70.5 cm³/mol. The van der Waals surface area contributed by atoms with Crippen LogP contribution in [0, 0.1) is 5.41 Å². The van der Waals surface area contributed by atoms with Crippen molar-refractivity contribution in [2.45, 2.75) is 37.8 Å². The molecule has 2 bridgehead atoms. The van der Waals surface area contributed by atoms with Crippen molar-refractivity contribution in [3.05, 3.63) is 18.6 Å². The molecule has 4 heteroatoms. The molecule has 1 spiro atoms. The second-order valence-corrected chi connectivity index (χ2v) is 6.21. The van der Waals surface area contributed by atoms with Crippen LogP contribution >= 0.6 is 0 Å². The quantitative estimate of drug-likeness (QED) is 0.750. The second-order valence-electron chi connectivity index (χ2n) is 6.21. The van der Waals surface area contributed by atoms with E-state index in [9.17, 15) is 0 Å². The summed E-state index contributed by atoms with van der Waals surface area (Å²) >= 11 is 0. The maximum absolute atomic E-state index is 4.45. The van der Waals surface area contributed by atoms with E-state index in [1.54, 1.807) is 12.4 Å². The minimum atomic E-state index is 0.537. The zero-order valence-electron chi connectivity index (χ0n) is 10.9. The Hall–Kier alpha value is -1.16. The van der Waals surface area contributed by atoms with Crippen molar-refractivity contribution in [2.75, 3.05) is 25.0 Å². The molecule has 0 radical (unpaired) electrons. The van der Waals surface area contributed by atoms with Crippen LogP contribution < -0.4 is 4.90 Å². The smallest absolute Gasteiger partial charge is 0.147 e. The Morgan fingerprint density at radius 2 is 2.28 bits per heavy atom. The highest BCUT2D eigenvalue weighted by molar-refractivity contribution is 5.38.